The van der Waals surface area contributed by atoms with Gasteiger partial charge in [0.15, 0.2) is 0 Å². The highest BCUT2D eigenvalue weighted by Gasteiger charge is 2.23. The summed E-state index contributed by atoms with van der Waals surface area (Å²) in [7, 11) is 0. The maximum atomic E-state index is 2.50. The van der Waals surface area contributed by atoms with Gasteiger partial charge in [-0.2, -0.15) is 0 Å². The van der Waals surface area contributed by atoms with E-state index in [4.69, 9.17) is 0 Å². The van der Waals surface area contributed by atoms with Crippen LogP contribution in [0.4, 0.5) is 17.1 Å². The van der Waals surface area contributed by atoms with Crippen molar-refractivity contribution in [3.05, 3.63) is 206 Å². The average Bonchev–Trinajstić information content (AvgIpc) is 3.81. The molecule has 0 aliphatic heterocycles. The summed E-state index contributed by atoms with van der Waals surface area (Å²) in [4.78, 5) is 2.50. The molecule has 11 aromatic rings. The molecular formula is C53H36N2S. The van der Waals surface area contributed by atoms with Crippen molar-refractivity contribution in [3.63, 3.8) is 0 Å². The lowest BCUT2D eigenvalue weighted by Gasteiger charge is -2.28. The quantitative estimate of drug-likeness (QED) is 0.165. The van der Waals surface area contributed by atoms with Crippen LogP contribution in [0.3, 0.4) is 0 Å². The summed E-state index contributed by atoms with van der Waals surface area (Å²) in [6, 6.07) is 73.4. The zero-order valence-corrected chi connectivity index (χ0v) is 31.7. The molecule has 2 aromatic heterocycles. The van der Waals surface area contributed by atoms with Gasteiger partial charge in [0.1, 0.15) is 0 Å². The van der Waals surface area contributed by atoms with Gasteiger partial charge in [-0.1, -0.05) is 157 Å². The normalized spacial score (nSPS) is 11.7. The van der Waals surface area contributed by atoms with E-state index >= 15 is 0 Å². The minimum Gasteiger partial charge on any atom is -0.309 e. The molecule has 0 radical (unpaired) electrons. The second-order valence-corrected chi connectivity index (χ2v) is 15.7. The summed E-state index contributed by atoms with van der Waals surface area (Å²) in [6.45, 7) is 2.13. The van der Waals surface area contributed by atoms with Gasteiger partial charge in [0.05, 0.1) is 27.1 Å². The maximum Gasteiger partial charge on any atom is 0.0640 e. The first-order valence-electron chi connectivity index (χ1n) is 19.2. The number of aromatic nitrogens is 1. The monoisotopic (exact) mass is 732 g/mol. The fourth-order valence-electron chi connectivity index (χ4n) is 8.59. The van der Waals surface area contributed by atoms with Gasteiger partial charge in [-0.05, 0) is 83.1 Å². The standard InChI is InChI=1S/C53H36N2S/c1-35-22-24-36(25-23-35)37-26-28-39(29-27-37)54-48-19-9-7-16-44(48)45-31-30-40(34-51(45)54)55(50-20-11-18-47-46-17-8-10-21-52(46)56-53(47)50)49-33-32-41(38-12-3-2-4-13-38)42-14-5-6-15-43(42)49/h2-34H,1H3. The fraction of sp³-hybridized carbons (Fsp3) is 0.0189. The second-order valence-electron chi connectivity index (χ2n) is 14.6. The highest BCUT2D eigenvalue weighted by molar-refractivity contribution is 7.26. The maximum absolute atomic E-state index is 2.50. The number of aryl methyl sites for hydroxylation is 1. The van der Waals surface area contributed by atoms with Crippen molar-refractivity contribution in [3.8, 4) is 27.9 Å². The molecule has 0 bridgehead atoms. The van der Waals surface area contributed by atoms with E-state index in [9.17, 15) is 0 Å². The number of para-hydroxylation sites is 1. The molecule has 0 atom stereocenters. The number of nitrogens with zero attached hydrogens (tertiary/aromatic N) is 2. The van der Waals surface area contributed by atoms with Gasteiger partial charge in [-0.15, -0.1) is 11.3 Å². The number of thiophene rings is 1. The Balaban J connectivity index is 1.17. The van der Waals surface area contributed by atoms with Crippen LogP contribution in [0, 0.1) is 6.92 Å². The van der Waals surface area contributed by atoms with Gasteiger partial charge in [0.25, 0.3) is 0 Å². The second kappa shape index (κ2) is 13.1. The predicted molar refractivity (Wildman–Crippen MR) is 241 cm³/mol. The Hall–Kier alpha value is -6.94. The lowest BCUT2D eigenvalue weighted by atomic mass is 9.96. The highest BCUT2D eigenvalue weighted by Crippen LogP contribution is 2.48. The summed E-state index contributed by atoms with van der Waals surface area (Å²) < 4.78 is 5.00. The van der Waals surface area contributed by atoms with E-state index < -0.39 is 0 Å². The van der Waals surface area contributed by atoms with Gasteiger partial charge < -0.3 is 9.47 Å². The summed E-state index contributed by atoms with van der Waals surface area (Å²) >= 11 is 1.87. The van der Waals surface area contributed by atoms with Crippen molar-refractivity contribution < 1.29 is 0 Å². The van der Waals surface area contributed by atoms with E-state index in [1.165, 1.54) is 86.3 Å². The molecule has 9 aromatic carbocycles. The zero-order valence-electron chi connectivity index (χ0n) is 30.9. The van der Waals surface area contributed by atoms with Gasteiger partial charge >= 0.3 is 0 Å². The minimum atomic E-state index is 1.11. The molecule has 0 unspecified atom stereocenters. The molecule has 0 saturated heterocycles. The molecule has 2 heterocycles. The number of hydrogen-bond acceptors (Lipinski definition) is 2. The van der Waals surface area contributed by atoms with Crippen LogP contribution in [-0.2, 0) is 0 Å². The van der Waals surface area contributed by atoms with Crippen molar-refractivity contribution >= 4 is 81.1 Å². The summed E-state index contributed by atoms with van der Waals surface area (Å²) in [5.41, 5.74) is 13.1. The molecule has 2 nitrogen and oxygen atoms in total. The highest BCUT2D eigenvalue weighted by atomic mass is 32.1. The number of rotatable bonds is 6. The molecule has 264 valence electrons. The first kappa shape index (κ1) is 32.5. The summed E-state index contributed by atoms with van der Waals surface area (Å²) in [5, 5.41) is 7.49. The lowest BCUT2D eigenvalue weighted by molar-refractivity contribution is 1.18. The molecule has 11 rings (SSSR count). The smallest absolute Gasteiger partial charge is 0.0640 e. The van der Waals surface area contributed by atoms with Crippen LogP contribution in [0.15, 0.2) is 200 Å². The largest absolute Gasteiger partial charge is 0.309 e. The molecular weight excluding hydrogens is 697 g/mol. The first-order valence-corrected chi connectivity index (χ1v) is 20.0. The van der Waals surface area contributed by atoms with Crippen molar-refractivity contribution in [2.24, 2.45) is 0 Å². The molecule has 56 heavy (non-hydrogen) atoms. The Morgan fingerprint density at radius 2 is 1.05 bits per heavy atom. The molecule has 0 amide bonds. The van der Waals surface area contributed by atoms with Gasteiger partial charge in [0.2, 0.25) is 0 Å². The lowest BCUT2D eigenvalue weighted by Crippen LogP contribution is -2.11. The topological polar surface area (TPSA) is 8.17 Å². The number of anilines is 3. The van der Waals surface area contributed by atoms with Crippen LogP contribution < -0.4 is 4.90 Å². The minimum absolute atomic E-state index is 1.11. The van der Waals surface area contributed by atoms with E-state index in [0.29, 0.717) is 0 Å². The molecule has 0 saturated carbocycles. The van der Waals surface area contributed by atoms with Crippen LogP contribution in [0.25, 0.3) is 80.7 Å². The van der Waals surface area contributed by atoms with Crippen LogP contribution in [0.2, 0.25) is 0 Å². The Labute approximate surface area is 329 Å². The van der Waals surface area contributed by atoms with E-state index in [2.05, 4.69) is 217 Å². The summed E-state index contributed by atoms with van der Waals surface area (Å²) in [6.07, 6.45) is 0. The number of benzene rings is 9. The van der Waals surface area contributed by atoms with Gasteiger partial charge in [-0.3, -0.25) is 0 Å². The molecule has 3 heteroatoms. The van der Waals surface area contributed by atoms with Crippen molar-refractivity contribution in [2.75, 3.05) is 4.90 Å². The van der Waals surface area contributed by atoms with Gasteiger partial charge in [0, 0.05) is 43.0 Å². The van der Waals surface area contributed by atoms with Crippen LogP contribution in [0.5, 0.6) is 0 Å². The Bertz CT molecular complexity index is 3240. The van der Waals surface area contributed by atoms with E-state index in [0.717, 1.165) is 17.1 Å². The summed E-state index contributed by atoms with van der Waals surface area (Å²) in [5.74, 6) is 0. The Morgan fingerprint density at radius 1 is 0.411 bits per heavy atom. The molecule has 0 N–H and O–H groups in total. The SMILES string of the molecule is Cc1ccc(-c2ccc(-n3c4ccccc4c4ccc(N(c5ccc(-c6ccccc6)c6ccccc56)c5cccc6c5sc5ccccc56)cc43)cc2)cc1. The zero-order chi connectivity index (χ0) is 37.2. The predicted octanol–water partition coefficient (Wildman–Crippen LogP) is 15.4. The van der Waals surface area contributed by atoms with Crippen LogP contribution in [0.1, 0.15) is 5.56 Å². The molecule has 0 aliphatic rings. The molecule has 0 fully saturated rings. The van der Waals surface area contributed by atoms with Crippen molar-refractivity contribution in [1.82, 2.24) is 4.57 Å². The third kappa shape index (κ3) is 5.24. The molecule has 0 aliphatic carbocycles. The van der Waals surface area contributed by atoms with Gasteiger partial charge in [-0.25, -0.2) is 0 Å². The van der Waals surface area contributed by atoms with E-state index in [1.807, 2.05) is 11.3 Å². The van der Waals surface area contributed by atoms with Crippen LogP contribution >= 0.6 is 11.3 Å². The average molecular weight is 733 g/mol. The Morgan fingerprint density at radius 3 is 1.86 bits per heavy atom. The third-order valence-corrected chi connectivity index (χ3v) is 12.5. The van der Waals surface area contributed by atoms with Crippen molar-refractivity contribution in [1.29, 1.82) is 0 Å². The fourth-order valence-corrected chi connectivity index (χ4v) is 9.80. The van der Waals surface area contributed by atoms with E-state index in [-0.39, 0.29) is 0 Å². The third-order valence-electron chi connectivity index (χ3n) is 11.3. The Kier molecular flexibility index (Phi) is 7.61. The van der Waals surface area contributed by atoms with Crippen molar-refractivity contribution in [2.45, 2.75) is 6.92 Å². The first-order chi connectivity index (χ1) is 27.7. The number of fused-ring (bicyclic) bond motifs is 7. The number of hydrogen-bond donors (Lipinski definition) is 0. The van der Waals surface area contributed by atoms with E-state index in [1.54, 1.807) is 0 Å². The van der Waals surface area contributed by atoms with Crippen LogP contribution in [-0.4, -0.2) is 4.57 Å². The molecule has 0 spiro atoms.